The molecule has 8 nitrogen and oxygen atoms in total. The second-order valence-electron chi connectivity index (χ2n) is 8.44. The summed E-state index contributed by atoms with van der Waals surface area (Å²) in [5.41, 5.74) is 0.330. The maximum atomic E-state index is 9.86. The SMILES string of the molecule is CO[C@H]1O[C@]2(C[C@@H]2CO)[C@H](OCc2ccccc2)[C@@H]2O[C@@](C)(OC)[C@](C)(OC)O[C@@H]12. The Balaban J connectivity index is 1.66. The summed E-state index contributed by atoms with van der Waals surface area (Å²) in [4.78, 5) is 0. The zero-order valence-corrected chi connectivity index (χ0v) is 18.2. The molecule has 1 aromatic rings. The lowest BCUT2D eigenvalue weighted by atomic mass is 9.91. The minimum atomic E-state index is -1.18. The van der Waals surface area contributed by atoms with E-state index in [0.29, 0.717) is 13.0 Å². The molecule has 1 N–H and O–H groups in total. The van der Waals surface area contributed by atoms with E-state index in [1.807, 2.05) is 30.3 Å². The van der Waals surface area contributed by atoms with Crippen molar-refractivity contribution in [1.29, 1.82) is 0 Å². The van der Waals surface area contributed by atoms with Crippen LogP contribution in [0.2, 0.25) is 0 Å². The third-order valence-electron chi connectivity index (χ3n) is 6.85. The van der Waals surface area contributed by atoms with Crippen molar-refractivity contribution in [3.05, 3.63) is 35.9 Å². The molecule has 2 heterocycles. The average molecular weight is 424 g/mol. The largest absolute Gasteiger partial charge is 0.396 e. The van der Waals surface area contributed by atoms with Gasteiger partial charge in [-0.05, 0) is 25.8 Å². The first-order chi connectivity index (χ1) is 14.4. The molecule has 4 rings (SSSR count). The highest BCUT2D eigenvalue weighted by Gasteiger charge is 2.72. The lowest BCUT2D eigenvalue weighted by Gasteiger charge is -2.57. The van der Waals surface area contributed by atoms with Gasteiger partial charge in [-0.3, -0.25) is 0 Å². The molecule has 0 bridgehead atoms. The van der Waals surface area contributed by atoms with E-state index in [0.717, 1.165) is 5.56 Å². The number of hydrogen-bond acceptors (Lipinski definition) is 8. The first-order valence-corrected chi connectivity index (χ1v) is 10.3. The van der Waals surface area contributed by atoms with Crippen LogP contribution in [0.4, 0.5) is 0 Å². The zero-order chi connectivity index (χ0) is 21.6. The van der Waals surface area contributed by atoms with E-state index >= 15 is 0 Å². The van der Waals surface area contributed by atoms with E-state index in [1.54, 1.807) is 35.2 Å². The number of hydrogen-bond donors (Lipinski definition) is 1. The van der Waals surface area contributed by atoms with Gasteiger partial charge in [0.05, 0.1) is 6.61 Å². The van der Waals surface area contributed by atoms with E-state index in [2.05, 4.69) is 0 Å². The van der Waals surface area contributed by atoms with Gasteiger partial charge in [0.15, 0.2) is 6.29 Å². The van der Waals surface area contributed by atoms with Crippen molar-refractivity contribution in [2.75, 3.05) is 27.9 Å². The van der Waals surface area contributed by atoms with Crippen molar-refractivity contribution in [1.82, 2.24) is 0 Å². The summed E-state index contributed by atoms with van der Waals surface area (Å²) in [5.74, 6) is -2.43. The van der Waals surface area contributed by atoms with Crippen LogP contribution in [0.3, 0.4) is 0 Å². The van der Waals surface area contributed by atoms with Gasteiger partial charge in [0.25, 0.3) is 0 Å². The Morgan fingerprint density at radius 2 is 1.60 bits per heavy atom. The standard InChI is InChI=1S/C22H32O8/c1-20(25-4)21(2,26-5)29-17-16(28-20)18(27-13-14-9-7-6-8-10-14)22(11-15(22)12-23)30-19(17)24-3/h6-10,15-19,23H,11-13H2,1-5H3/t15-,16-,17-,18-,19+,20-,21-,22+/m1/s1. The fourth-order valence-electron chi connectivity index (χ4n) is 4.62. The maximum absolute atomic E-state index is 9.86. The normalized spacial score (nSPS) is 45.3. The second-order valence-corrected chi connectivity index (χ2v) is 8.44. The van der Waals surface area contributed by atoms with Crippen LogP contribution in [0.25, 0.3) is 0 Å². The highest BCUT2D eigenvalue weighted by Crippen LogP contribution is 2.58. The molecule has 3 fully saturated rings. The van der Waals surface area contributed by atoms with Crippen molar-refractivity contribution in [3.63, 3.8) is 0 Å². The van der Waals surface area contributed by atoms with Gasteiger partial charge < -0.3 is 38.3 Å². The maximum Gasteiger partial charge on any atom is 0.220 e. The van der Waals surface area contributed by atoms with Crippen LogP contribution in [0.1, 0.15) is 25.8 Å². The van der Waals surface area contributed by atoms with Gasteiger partial charge in [0.1, 0.15) is 23.9 Å². The molecule has 0 aromatic heterocycles. The van der Waals surface area contributed by atoms with Gasteiger partial charge in [0.2, 0.25) is 11.6 Å². The molecule has 3 aliphatic rings. The average Bonchev–Trinajstić information content (AvgIpc) is 3.48. The van der Waals surface area contributed by atoms with E-state index in [9.17, 15) is 5.11 Å². The van der Waals surface area contributed by atoms with Crippen LogP contribution in [0, 0.1) is 5.92 Å². The molecule has 8 heteroatoms. The number of methoxy groups -OCH3 is 3. The first-order valence-electron chi connectivity index (χ1n) is 10.3. The number of ether oxygens (including phenoxy) is 7. The minimum Gasteiger partial charge on any atom is -0.396 e. The Hall–Kier alpha value is -1.10. The van der Waals surface area contributed by atoms with E-state index < -0.39 is 41.8 Å². The van der Waals surface area contributed by atoms with Crippen molar-refractivity contribution >= 4 is 0 Å². The summed E-state index contributed by atoms with van der Waals surface area (Å²) in [6.07, 6.45) is -1.67. The highest BCUT2D eigenvalue weighted by molar-refractivity contribution is 5.19. The summed E-state index contributed by atoms with van der Waals surface area (Å²) in [6.45, 7) is 3.92. The Morgan fingerprint density at radius 1 is 0.967 bits per heavy atom. The van der Waals surface area contributed by atoms with E-state index in [-0.39, 0.29) is 12.5 Å². The molecule has 1 aromatic carbocycles. The molecule has 1 aliphatic carbocycles. The van der Waals surface area contributed by atoms with Gasteiger partial charge in [-0.15, -0.1) is 0 Å². The summed E-state index contributed by atoms with van der Waals surface area (Å²) in [6, 6.07) is 9.90. The first kappa shape index (κ1) is 22.1. The molecule has 0 radical (unpaired) electrons. The van der Waals surface area contributed by atoms with E-state index in [1.165, 1.54) is 0 Å². The third kappa shape index (κ3) is 3.40. The Morgan fingerprint density at radius 3 is 2.13 bits per heavy atom. The number of fused-ring (bicyclic) bond motifs is 1. The molecule has 0 amide bonds. The molecule has 30 heavy (non-hydrogen) atoms. The van der Waals surface area contributed by atoms with Crippen molar-refractivity contribution in [2.45, 2.75) is 68.7 Å². The smallest absolute Gasteiger partial charge is 0.220 e. The van der Waals surface area contributed by atoms with Crippen LogP contribution in [-0.4, -0.2) is 74.8 Å². The predicted octanol–water partition coefficient (Wildman–Crippen LogP) is 1.83. The monoisotopic (exact) mass is 424 g/mol. The van der Waals surface area contributed by atoms with Crippen molar-refractivity contribution < 1.29 is 38.3 Å². The molecule has 2 saturated heterocycles. The third-order valence-corrected chi connectivity index (χ3v) is 6.85. The van der Waals surface area contributed by atoms with Crippen molar-refractivity contribution in [3.8, 4) is 0 Å². The summed E-state index contributed by atoms with van der Waals surface area (Å²) in [7, 11) is 4.66. The molecular formula is C22H32O8. The van der Waals surface area contributed by atoms with Crippen molar-refractivity contribution in [2.24, 2.45) is 5.92 Å². The number of aliphatic hydroxyl groups is 1. The fourth-order valence-corrected chi connectivity index (χ4v) is 4.62. The summed E-state index contributed by atoms with van der Waals surface area (Å²) >= 11 is 0. The van der Waals surface area contributed by atoms with Gasteiger partial charge in [-0.25, -0.2) is 0 Å². The van der Waals surface area contributed by atoms with Gasteiger partial charge >= 0.3 is 0 Å². The Labute approximate surface area is 177 Å². The Bertz CT molecular complexity index is 731. The van der Waals surface area contributed by atoms with Gasteiger partial charge in [-0.1, -0.05) is 30.3 Å². The molecular weight excluding hydrogens is 392 g/mol. The molecule has 168 valence electrons. The highest BCUT2D eigenvalue weighted by atomic mass is 16.8. The van der Waals surface area contributed by atoms with Gasteiger partial charge in [0, 0.05) is 33.9 Å². The van der Waals surface area contributed by atoms with Crippen LogP contribution in [-0.2, 0) is 39.8 Å². The number of benzene rings is 1. The molecule has 1 spiro atoms. The molecule has 1 saturated carbocycles. The fraction of sp³-hybridized carbons (Fsp3) is 0.727. The molecule has 0 unspecified atom stereocenters. The Kier molecular flexibility index (Phi) is 5.97. The van der Waals surface area contributed by atoms with Crippen LogP contribution in [0.15, 0.2) is 30.3 Å². The zero-order valence-electron chi connectivity index (χ0n) is 18.2. The second kappa shape index (κ2) is 8.11. The predicted molar refractivity (Wildman–Crippen MR) is 105 cm³/mol. The van der Waals surface area contributed by atoms with E-state index in [4.69, 9.17) is 33.2 Å². The lowest BCUT2D eigenvalue weighted by molar-refractivity contribution is -0.487. The van der Waals surface area contributed by atoms with Crippen LogP contribution < -0.4 is 0 Å². The number of rotatable bonds is 7. The lowest BCUT2D eigenvalue weighted by Crippen LogP contribution is -2.73. The summed E-state index contributed by atoms with van der Waals surface area (Å²) < 4.78 is 42.5. The minimum absolute atomic E-state index is 0.00277. The topological polar surface area (TPSA) is 84.8 Å². The van der Waals surface area contributed by atoms with Crippen LogP contribution >= 0.6 is 0 Å². The van der Waals surface area contributed by atoms with Crippen LogP contribution in [0.5, 0.6) is 0 Å². The quantitative estimate of drug-likeness (QED) is 0.710. The molecule has 2 aliphatic heterocycles. The number of aliphatic hydroxyl groups excluding tert-OH is 1. The summed E-state index contributed by atoms with van der Waals surface area (Å²) in [5, 5.41) is 9.86. The van der Waals surface area contributed by atoms with Gasteiger partial charge in [-0.2, -0.15) is 0 Å². The molecule has 8 atom stereocenters.